The first kappa shape index (κ1) is 20.8. The van der Waals surface area contributed by atoms with E-state index >= 15 is 0 Å². The molecule has 0 aliphatic heterocycles. The van der Waals surface area contributed by atoms with Crippen LogP contribution in [0.5, 0.6) is 5.75 Å². The first-order valence-electron chi connectivity index (χ1n) is 10.4. The third kappa shape index (κ3) is 4.38. The van der Waals surface area contributed by atoms with E-state index in [4.69, 9.17) is 14.7 Å². The van der Waals surface area contributed by atoms with Crippen molar-refractivity contribution in [3.63, 3.8) is 0 Å². The van der Waals surface area contributed by atoms with E-state index in [1.165, 1.54) is 0 Å². The zero-order valence-corrected chi connectivity index (χ0v) is 18.7. The lowest BCUT2D eigenvalue weighted by Crippen LogP contribution is -2.29. The second-order valence-corrected chi connectivity index (χ2v) is 8.90. The molecule has 3 aromatic rings. The summed E-state index contributed by atoms with van der Waals surface area (Å²) >= 11 is 0. The molecule has 1 aromatic heterocycles. The van der Waals surface area contributed by atoms with E-state index in [0.29, 0.717) is 23.8 Å². The molecule has 2 N–H and O–H groups in total. The SMILES string of the molecule is COc1ccc(Nc2nc3c(c(Nc4c(C)cccc4C)n2)C(=O)CC(C)(C)C3)cc1. The molecular weight excluding hydrogens is 388 g/mol. The van der Waals surface area contributed by atoms with Crippen molar-refractivity contribution in [2.24, 2.45) is 5.41 Å². The van der Waals surface area contributed by atoms with Crippen LogP contribution in [0, 0.1) is 19.3 Å². The number of nitrogens with one attached hydrogen (secondary N) is 2. The topological polar surface area (TPSA) is 76.1 Å². The number of hydrogen-bond acceptors (Lipinski definition) is 6. The Morgan fingerprint density at radius 3 is 2.26 bits per heavy atom. The number of ether oxygens (including phenoxy) is 1. The van der Waals surface area contributed by atoms with Gasteiger partial charge in [-0.25, -0.2) is 4.98 Å². The standard InChI is InChI=1S/C25H28N4O2/c1-15-7-6-8-16(2)22(15)28-23-21-19(13-25(3,4)14-20(21)30)27-24(29-23)26-17-9-11-18(31-5)12-10-17/h6-12H,13-14H2,1-5H3,(H2,26,27,28,29). The van der Waals surface area contributed by atoms with Crippen LogP contribution in [0.1, 0.15) is 47.4 Å². The van der Waals surface area contributed by atoms with Crippen molar-refractivity contribution in [3.8, 4) is 5.75 Å². The quantitative estimate of drug-likeness (QED) is 0.552. The van der Waals surface area contributed by atoms with E-state index in [1.807, 2.05) is 56.3 Å². The number of hydrogen-bond donors (Lipinski definition) is 2. The molecule has 1 aliphatic rings. The number of aryl methyl sites for hydroxylation is 2. The molecule has 6 heteroatoms. The van der Waals surface area contributed by atoms with E-state index in [1.54, 1.807) is 7.11 Å². The predicted molar refractivity (Wildman–Crippen MR) is 124 cm³/mol. The maximum absolute atomic E-state index is 13.1. The second-order valence-electron chi connectivity index (χ2n) is 8.90. The van der Waals surface area contributed by atoms with E-state index < -0.39 is 0 Å². The van der Waals surface area contributed by atoms with Gasteiger partial charge in [0.25, 0.3) is 0 Å². The van der Waals surface area contributed by atoms with Crippen molar-refractivity contribution in [3.05, 3.63) is 64.8 Å². The fraction of sp³-hybridized carbons (Fsp3) is 0.320. The van der Waals surface area contributed by atoms with Crippen molar-refractivity contribution < 1.29 is 9.53 Å². The monoisotopic (exact) mass is 416 g/mol. The van der Waals surface area contributed by atoms with Crippen molar-refractivity contribution in [1.82, 2.24) is 9.97 Å². The molecule has 1 heterocycles. The summed E-state index contributed by atoms with van der Waals surface area (Å²) in [5.74, 6) is 1.87. The van der Waals surface area contributed by atoms with Crippen LogP contribution >= 0.6 is 0 Å². The van der Waals surface area contributed by atoms with Crippen LogP contribution in [0.15, 0.2) is 42.5 Å². The van der Waals surface area contributed by atoms with Gasteiger partial charge in [-0.3, -0.25) is 4.79 Å². The molecule has 160 valence electrons. The van der Waals surface area contributed by atoms with Crippen LogP contribution in [0.2, 0.25) is 0 Å². The fourth-order valence-corrected chi connectivity index (χ4v) is 4.05. The molecule has 0 bridgehead atoms. The summed E-state index contributed by atoms with van der Waals surface area (Å²) in [6.45, 7) is 8.30. The summed E-state index contributed by atoms with van der Waals surface area (Å²) in [6.07, 6.45) is 1.20. The maximum Gasteiger partial charge on any atom is 0.229 e. The number of aromatic nitrogens is 2. The number of carbonyl (C=O) groups excluding carboxylic acids is 1. The molecule has 2 aromatic carbocycles. The average molecular weight is 417 g/mol. The number of methoxy groups -OCH3 is 1. The summed E-state index contributed by atoms with van der Waals surface area (Å²) in [5, 5.41) is 6.71. The Labute approximate surface area is 183 Å². The van der Waals surface area contributed by atoms with Crippen LogP contribution in [0.25, 0.3) is 0 Å². The summed E-state index contributed by atoms with van der Waals surface area (Å²) in [4.78, 5) is 22.5. The Bertz CT molecular complexity index is 1120. The Balaban J connectivity index is 1.78. The normalized spacial score (nSPS) is 14.7. The number of nitrogens with zero attached hydrogens (tertiary/aromatic N) is 2. The van der Waals surface area contributed by atoms with Crippen molar-refractivity contribution in [1.29, 1.82) is 0 Å². The minimum atomic E-state index is -0.133. The first-order chi connectivity index (χ1) is 14.8. The molecule has 1 aliphatic carbocycles. The number of ketones is 1. The molecule has 0 atom stereocenters. The lowest BCUT2D eigenvalue weighted by molar-refractivity contribution is 0.0911. The number of anilines is 4. The molecule has 0 saturated heterocycles. The zero-order valence-electron chi connectivity index (χ0n) is 18.7. The first-order valence-corrected chi connectivity index (χ1v) is 10.4. The van der Waals surface area contributed by atoms with Crippen LogP contribution in [0.3, 0.4) is 0 Å². The van der Waals surface area contributed by atoms with Crippen LogP contribution < -0.4 is 15.4 Å². The van der Waals surface area contributed by atoms with Crippen LogP contribution in [0.4, 0.5) is 23.1 Å². The summed E-state index contributed by atoms with van der Waals surface area (Å²) in [7, 11) is 1.64. The molecule has 0 amide bonds. The Morgan fingerprint density at radius 2 is 1.61 bits per heavy atom. The fourth-order valence-electron chi connectivity index (χ4n) is 4.05. The smallest absolute Gasteiger partial charge is 0.229 e. The zero-order chi connectivity index (χ0) is 22.2. The van der Waals surface area contributed by atoms with Gasteiger partial charge in [-0.2, -0.15) is 4.98 Å². The third-order valence-electron chi connectivity index (χ3n) is 5.62. The van der Waals surface area contributed by atoms with Gasteiger partial charge in [0.15, 0.2) is 5.78 Å². The van der Waals surface area contributed by atoms with Gasteiger partial charge in [0.2, 0.25) is 5.95 Å². The Kier molecular flexibility index (Phi) is 5.39. The van der Waals surface area contributed by atoms with E-state index in [-0.39, 0.29) is 11.2 Å². The number of rotatable bonds is 5. The van der Waals surface area contributed by atoms with Crippen molar-refractivity contribution in [2.75, 3.05) is 17.7 Å². The molecule has 6 nitrogen and oxygen atoms in total. The number of para-hydroxylation sites is 1. The Hall–Kier alpha value is -3.41. The molecular formula is C25H28N4O2. The maximum atomic E-state index is 13.1. The third-order valence-corrected chi connectivity index (χ3v) is 5.62. The highest BCUT2D eigenvalue weighted by Crippen LogP contribution is 2.38. The van der Waals surface area contributed by atoms with Crippen molar-refractivity contribution in [2.45, 2.75) is 40.5 Å². The summed E-state index contributed by atoms with van der Waals surface area (Å²) < 4.78 is 5.23. The average Bonchev–Trinajstić information content (AvgIpc) is 2.70. The Morgan fingerprint density at radius 1 is 0.935 bits per heavy atom. The second kappa shape index (κ2) is 8.02. The molecule has 31 heavy (non-hydrogen) atoms. The minimum absolute atomic E-state index is 0.0796. The van der Waals surface area contributed by atoms with Gasteiger partial charge >= 0.3 is 0 Å². The van der Waals surface area contributed by atoms with Crippen LogP contribution in [-0.4, -0.2) is 22.9 Å². The van der Waals surface area contributed by atoms with E-state index in [9.17, 15) is 4.79 Å². The van der Waals surface area contributed by atoms with E-state index in [2.05, 4.69) is 24.5 Å². The van der Waals surface area contributed by atoms with Gasteiger partial charge in [-0.15, -0.1) is 0 Å². The summed E-state index contributed by atoms with van der Waals surface area (Å²) in [6, 6.07) is 13.7. The van der Waals surface area contributed by atoms with Gasteiger partial charge in [0, 0.05) is 17.8 Å². The number of carbonyl (C=O) groups is 1. The molecule has 0 radical (unpaired) electrons. The number of Topliss-reactive ketones (excluding diaryl/α,β-unsaturated/α-hetero) is 1. The molecule has 0 spiro atoms. The highest BCUT2D eigenvalue weighted by molar-refractivity contribution is 6.03. The number of benzene rings is 2. The van der Waals surface area contributed by atoms with Crippen LogP contribution in [-0.2, 0) is 6.42 Å². The van der Waals surface area contributed by atoms with Gasteiger partial charge in [0.1, 0.15) is 11.6 Å². The largest absolute Gasteiger partial charge is 0.497 e. The highest BCUT2D eigenvalue weighted by atomic mass is 16.5. The highest BCUT2D eigenvalue weighted by Gasteiger charge is 2.35. The van der Waals surface area contributed by atoms with Gasteiger partial charge in [0.05, 0.1) is 18.4 Å². The lowest BCUT2D eigenvalue weighted by atomic mass is 9.75. The van der Waals surface area contributed by atoms with Gasteiger partial charge in [-0.05, 0) is 61.1 Å². The lowest BCUT2D eigenvalue weighted by Gasteiger charge is -2.30. The molecule has 4 rings (SSSR count). The summed E-state index contributed by atoms with van der Waals surface area (Å²) in [5.41, 5.74) is 5.26. The van der Waals surface area contributed by atoms with Gasteiger partial charge < -0.3 is 15.4 Å². The number of fused-ring (bicyclic) bond motifs is 1. The van der Waals surface area contributed by atoms with Crippen molar-refractivity contribution >= 4 is 28.9 Å². The predicted octanol–water partition coefficient (Wildman–Crippen LogP) is 5.74. The molecule has 0 saturated carbocycles. The van der Waals surface area contributed by atoms with Gasteiger partial charge in [-0.1, -0.05) is 32.0 Å². The minimum Gasteiger partial charge on any atom is -0.497 e. The van der Waals surface area contributed by atoms with E-state index in [0.717, 1.165) is 40.4 Å². The molecule has 0 unspecified atom stereocenters. The molecule has 0 fully saturated rings.